The molecule has 0 aliphatic carbocycles. The second-order valence-electron chi connectivity index (χ2n) is 4.71. The standard InChI is InChI=1S/C11H23NO/c1-8(2)10-7-13-6-5-12-11(10)9(3)4/h8-12H,5-7H2,1-4H3. The quantitative estimate of drug-likeness (QED) is 0.709. The van der Waals surface area contributed by atoms with Crippen LogP contribution in [0, 0.1) is 17.8 Å². The van der Waals surface area contributed by atoms with E-state index in [1.54, 1.807) is 0 Å². The Labute approximate surface area is 82.0 Å². The van der Waals surface area contributed by atoms with Gasteiger partial charge in [-0.25, -0.2) is 0 Å². The van der Waals surface area contributed by atoms with Crippen LogP contribution < -0.4 is 5.32 Å². The highest BCUT2D eigenvalue weighted by molar-refractivity contribution is 4.82. The van der Waals surface area contributed by atoms with E-state index in [-0.39, 0.29) is 0 Å². The number of rotatable bonds is 2. The maximum Gasteiger partial charge on any atom is 0.0591 e. The minimum absolute atomic E-state index is 0.627. The summed E-state index contributed by atoms with van der Waals surface area (Å²) in [5, 5.41) is 3.59. The van der Waals surface area contributed by atoms with Gasteiger partial charge in [0.15, 0.2) is 0 Å². The van der Waals surface area contributed by atoms with Crippen molar-refractivity contribution in [3.63, 3.8) is 0 Å². The van der Waals surface area contributed by atoms with Gasteiger partial charge in [0.25, 0.3) is 0 Å². The summed E-state index contributed by atoms with van der Waals surface area (Å²) in [6, 6.07) is 0.627. The van der Waals surface area contributed by atoms with E-state index in [0.29, 0.717) is 23.8 Å². The highest BCUT2D eigenvalue weighted by atomic mass is 16.5. The van der Waals surface area contributed by atoms with Crippen LogP contribution in [0.25, 0.3) is 0 Å². The van der Waals surface area contributed by atoms with Crippen LogP contribution in [0.1, 0.15) is 27.7 Å². The Morgan fingerprint density at radius 3 is 2.38 bits per heavy atom. The molecule has 1 fully saturated rings. The Morgan fingerprint density at radius 1 is 1.15 bits per heavy atom. The summed E-state index contributed by atoms with van der Waals surface area (Å²) >= 11 is 0. The maximum atomic E-state index is 5.59. The Bertz CT molecular complexity index is 129. The van der Waals surface area contributed by atoms with Gasteiger partial charge in [-0.05, 0) is 11.8 Å². The van der Waals surface area contributed by atoms with Gasteiger partial charge in [-0.1, -0.05) is 27.7 Å². The predicted octanol–water partition coefficient (Wildman–Crippen LogP) is 1.90. The lowest BCUT2D eigenvalue weighted by atomic mass is 9.83. The van der Waals surface area contributed by atoms with Gasteiger partial charge >= 0.3 is 0 Å². The van der Waals surface area contributed by atoms with E-state index in [2.05, 4.69) is 33.0 Å². The molecule has 0 aromatic rings. The van der Waals surface area contributed by atoms with Crippen molar-refractivity contribution in [1.29, 1.82) is 0 Å². The Hall–Kier alpha value is -0.0800. The fourth-order valence-electron chi connectivity index (χ4n) is 2.11. The van der Waals surface area contributed by atoms with Crippen LogP contribution in [0.15, 0.2) is 0 Å². The molecule has 1 saturated heterocycles. The van der Waals surface area contributed by atoms with Crippen LogP contribution in [-0.4, -0.2) is 25.8 Å². The van der Waals surface area contributed by atoms with E-state index < -0.39 is 0 Å². The fourth-order valence-corrected chi connectivity index (χ4v) is 2.11. The molecule has 2 unspecified atom stereocenters. The highest BCUT2D eigenvalue weighted by Gasteiger charge is 2.28. The molecule has 0 aromatic carbocycles. The molecule has 0 bridgehead atoms. The first kappa shape index (κ1) is 11.0. The van der Waals surface area contributed by atoms with Gasteiger partial charge in [0.2, 0.25) is 0 Å². The van der Waals surface area contributed by atoms with Gasteiger partial charge in [0, 0.05) is 18.5 Å². The van der Waals surface area contributed by atoms with Crippen molar-refractivity contribution in [1.82, 2.24) is 5.32 Å². The Morgan fingerprint density at radius 2 is 1.85 bits per heavy atom. The molecule has 1 N–H and O–H groups in total. The van der Waals surface area contributed by atoms with E-state index in [4.69, 9.17) is 4.74 Å². The molecule has 2 atom stereocenters. The van der Waals surface area contributed by atoms with Gasteiger partial charge in [-0.15, -0.1) is 0 Å². The summed E-state index contributed by atoms with van der Waals surface area (Å²) in [5.41, 5.74) is 0. The molecule has 2 heteroatoms. The third-order valence-electron chi connectivity index (χ3n) is 2.97. The maximum absolute atomic E-state index is 5.59. The molecule has 0 spiro atoms. The zero-order chi connectivity index (χ0) is 9.84. The van der Waals surface area contributed by atoms with E-state index in [9.17, 15) is 0 Å². The van der Waals surface area contributed by atoms with E-state index >= 15 is 0 Å². The normalized spacial score (nSPS) is 30.9. The average Bonchev–Trinajstić information content (AvgIpc) is 2.27. The van der Waals surface area contributed by atoms with Gasteiger partial charge in [0.05, 0.1) is 13.2 Å². The van der Waals surface area contributed by atoms with Crippen molar-refractivity contribution in [3.8, 4) is 0 Å². The molecular weight excluding hydrogens is 162 g/mol. The molecule has 1 rings (SSSR count). The molecule has 1 aliphatic heterocycles. The lowest BCUT2D eigenvalue weighted by Crippen LogP contribution is -2.42. The van der Waals surface area contributed by atoms with Crippen LogP contribution >= 0.6 is 0 Å². The molecule has 78 valence electrons. The van der Waals surface area contributed by atoms with Crippen molar-refractivity contribution in [2.24, 2.45) is 17.8 Å². The molecule has 13 heavy (non-hydrogen) atoms. The largest absolute Gasteiger partial charge is 0.380 e. The summed E-state index contributed by atoms with van der Waals surface area (Å²) in [6.45, 7) is 12.0. The summed E-state index contributed by atoms with van der Waals surface area (Å²) in [7, 11) is 0. The summed E-state index contributed by atoms with van der Waals surface area (Å²) in [5.74, 6) is 2.08. The molecule has 1 heterocycles. The van der Waals surface area contributed by atoms with E-state index in [1.807, 2.05) is 0 Å². The van der Waals surface area contributed by atoms with Crippen LogP contribution in [0.3, 0.4) is 0 Å². The number of hydrogen-bond acceptors (Lipinski definition) is 2. The first-order valence-corrected chi connectivity index (χ1v) is 5.44. The first-order chi connectivity index (χ1) is 6.13. The van der Waals surface area contributed by atoms with Crippen molar-refractivity contribution in [2.75, 3.05) is 19.8 Å². The SMILES string of the molecule is CC(C)C1COCCNC1C(C)C. The van der Waals surface area contributed by atoms with E-state index in [0.717, 1.165) is 19.8 Å². The monoisotopic (exact) mass is 185 g/mol. The fraction of sp³-hybridized carbons (Fsp3) is 1.00. The highest BCUT2D eigenvalue weighted by Crippen LogP contribution is 2.22. The van der Waals surface area contributed by atoms with Gasteiger partial charge in [-0.3, -0.25) is 0 Å². The topological polar surface area (TPSA) is 21.3 Å². The number of ether oxygens (including phenoxy) is 1. The van der Waals surface area contributed by atoms with Crippen LogP contribution in [0.5, 0.6) is 0 Å². The third kappa shape index (κ3) is 2.96. The van der Waals surface area contributed by atoms with Gasteiger partial charge in [-0.2, -0.15) is 0 Å². The van der Waals surface area contributed by atoms with Gasteiger partial charge < -0.3 is 10.1 Å². The smallest absolute Gasteiger partial charge is 0.0591 e. The third-order valence-corrected chi connectivity index (χ3v) is 2.97. The minimum atomic E-state index is 0.627. The summed E-state index contributed by atoms with van der Waals surface area (Å²) in [6.07, 6.45) is 0. The first-order valence-electron chi connectivity index (χ1n) is 5.44. The molecule has 0 radical (unpaired) electrons. The lowest BCUT2D eigenvalue weighted by Gasteiger charge is -2.31. The molecule has 2 nitrogen and oxygen atoms in total. The Kier molecular flexibility index (Phi) is 4.20. The van der Waals surface area contributed by atoms with E-state index in [1.165, 1.54) is 0 Å². The Balaban J connectivity index is 2.61. The van der Waals surface area contributed by atoms with Crippen LogP contribution in [0.2, 0.25) is 0 Å². The van der Waals surface area contributed by atoms with Gasteiger partial charge in [0.1, 0.15) is 0 Å². The van der Waals surface area contributed by atoms with Crippen molar-refractivity contribution >= 4 is 0 Å². The number of nitrogens with one attached hydrogen (secondary N) is 1. The summed E-state index contributed by atoms with van der Waals surface area (Å²) < 4.78 is 5.59. The lowest BCUT2D eigenvalue weighted by molar-refractivity contribution is 0.0910. The second kappa shape index (κ2) is 4.97. The molecule has 1 aliphatic rings. The molecule has 0 saturated carbocycles. The minimum Gasteiger partial charge on any atom is -0.380 e. The predicted molar refractivity (Wildman–Crippen MR) is 55.8 cm³/mol. The van der Waals surface area contributed by atoms with Crippen molar-refractivity contribution in [3.05, 3.63) is 0 Å². The molecule has 0 amide bonds. The average molecular weight is 185 g/mol. The zero-order valence-corrected chi connectivity index (χ0v) is 9.34. The molecule has 0 aromatic heterocycles. The number of hydrogen-bond donors (Lipinski definition) is 1. The second-order valence-corrected chi connectivity index (χ2v) is 4.71. The van der Waals surface area contributed by atoms with Crippen LogP contribution in [0.4, 0.5) is 0 Å². The molecular formula is C11H23NO. The van der Waals surface area contributed by atoms with Crippen molar-refractivity contribution < 1.29 is 4.74 Å². The van der Waals surface area contributed by atoms with Crippen LogP contribution in [-0.2, 0) is 4.74 Å². The summed E-state index contributed by atoms with van der Waals surface area (Å²) in [4.78, 5) is 0. The zero-order valence-electron chi connectivity index (χ0n) is 9.34. The van der Waals surface area contributed by atoms with Crippen molar-refractivity contribution in [2.45, 2.75) is 33.7 Å².